The number of rotatable bonds is 6. The van der Waals surface area contributed by atoms with Gasteiger partial charge in [0.05, 0.1) is 5.92 Å². The van der Waals surface area contributed by atoms with Gasteiger partial charge in [-0.15, -0.1) is 0 Å². The van der Waals surface area contributed by atoms with Gasteiger partial charge in [0.1, 0.15) is 18.2 Å². The molecule has 0 aromatic heterocycles. The van der Waals surface area contributed by atoms with E-state index in [2.05, 4.69) is 0 Å². The highest BCUT2D eigenvalue weighted by Gasteiger charge is 2.30. The minimum Gasteiger partial charge on any atom is -0.480 e. The number of hydrogen-bond donors (Lipinski definition) is 1. The van der Waals surface area contributed by atoms with Crippen LogP contribution in [-0.2, 0) is 9.59 Å². The van der Waals surface area contributed by atoms with E-state index in [1.807, 2.05) is 0 Å². The Morgan fingerprint density at radius 1 is 1.24 bits per heavy atom. The lowest BCUT2D eigenvalue weighted by Gasteiger charge is -2.29. The first-order valence-electron chi connectivity index (χ1n) is 6.75. The van der Waals surface area contributed by atoms with Crippen molar-refractivity contribution in [1.29, 1.82) is 0 Å². The van der Waals surface area contributed by atoms with E-state index in [4.69, 9.17) is 5.11 Å². The molecule has 2 atom stereocenters. The highest BCUT2D eigenvalue weighted by Crippen LogP contribution is 2.25. The van der Waals surface area contributed by atoms with Crippen LogP contribution in [0.2, 0.25) is 0 Å². The van der Waals surface area contributed by atoms with Crippen molar-refractivity contribution in [2.75, 3.05) is 6.54 Å². The molecule has 1 N–H and O–H groups in total. The number of carboxylic acids is 1. The van der Waals surface area contributed by atoms with Gasteiger partial charge < -0.3 is 10.0 Å². The van der Waals surface area contributed by atoms with E-state index in [0.717, 1.165) is 17.0 Å². The lowest BCUT2D eigenvalue weighted by molar-refractivity contribution is -0.146. The van der Waals surface area contributed by atoms with E-state index < -0.39 is 36.0 Å². The molecule has 0 heterocycles. The maximum absolute atomic E-state index is 13.7. The predicted octanol–water partition coefficient (Wildman–Crippen LogP) is 2.78. The van der Waals surface area contributed by atoms with Gasteiger partial charge in [0.15, 0.2) is 0 Å². The molecule has 1 aromatic carbocycles. The summed E-state index contributed by atoms with van der Waals surface area (Å²) in [5.41, 5.74) is -0.332. The summed E-state index contributed by atoms with van der Waals surface area (Å²) in [4.78, 5) is 24.4. The molecule has 0 aliphatic carbocycles. The first kappa shape index (κ1) is 17.1. The van der Waals surface area contributed by atoms with Crippen LogP contribution in [0.1, 0.15) is 38.7 Å². The number of nitrogens with zero attached hydrogens (tertiary/aromatic N) is 1. The molecule has 1 rings (SSSR count). The number of halogens is 2. The molecule has 0 bridgehead atoms. The lowest BCUT2D eigenvalue weighted by atomic mass is 9.97. The highest BCUT2D eigenvalue weighted by molar-refractivity contribution is 5.86. The van der Waals surface area contributed by atoms with Crippen LogP contribution in [0.3, 0.4) is 0 Å². The van der Waals surface area contributed by atoms with Gasteiger partial charge in [-0.05, 0) is 32.4 Å². The highest BCUT2D eigenvalue weighted by atomic mass is 19.1. The van der Waals surface area contributed by atoms with E-state index in [0.29, 0.717) is 6.42 Å². The van der Waals surface area contributed by atoms with Crippen LogP contribution in [-0.4, -0.2) is 34.5 Å². The predicted molar refractivity (Wildman–Crippen MR) is 73.9 cm³/mol. The Balaban J connectivity index is 3.10. The molecule has 0 aliphatic rings. The zero-order valence-electron chi connectivity index (χ0n) is 12.3. The third-order valence-electron chi connectivity index (χ3n) is 3.51. The van der Waals surface area contributed by atoms with Crippen LogP contribution in [0.4, 0.5) is 8.78 Å². The minimum absolute atomic E-state index is 0.328. The Kier molecular flexibility index (Phi) is 5.81. The molecule has 0 aliphatic heterocycles. The van der Waals surface area contributed by atoms with Crippen LogP contribution >= 0.6 is 0 Å². The Labute approximate surface area is 122 Å². The number of carboxylic acid groups (broad SMARTS) is 1. The summed E-state index contributed by atoms with van der Waals surface area (Å²) in [6.45, 7) is 4.39. The van der Waals surface area contributed by atoms with E-state index in [9.17, 15) is 18.4 Å². The molecule has 6 heteroatoms. The topological polar surface area (TPSA) is 57.6 Å². The fraction of sp³-hybridized carbons (Fsp3) is 0.467. The smallest absolute Gasteiger partial charge is 0.323 e. The summed E-state index contributed by atoms with van der Waals surface area (Å²) in [6, 6.07) is 3.04. The largest absolute Gasteiger partial charge is 0.480 e. The Morgan fingerprint density at radius 3 is 2.19 bits per heavy atom. The van der Waals surface area contributed by atoms with Crippen molar-refractivity contribution in [3.8, 4) is 0 Å². The van der Waals surface area contributed by atoms with Crippen LogP contribution < -0.4 is 0 Å². The third kappa shape index (κ3) is 4.00. The summed E-state index contributed by atoms with van der Waals surface area (Å²) in [6.07, 6.45) is 0.547. The summed E-state index contributed by atoms with van der Waals surface area (Å²) >= 11 is 0. The standard InChI is InChI=1S/C15H19F2NO3/c1-4-9(2)18(8-13(19)20)15(21)10(3)14-11(16)6-5-7-12(14)17/h5-7,9-10H,4,8H2,1-3H3,(H,19,20). The first-order valence-corrected chi connectivity index (χ1v) is 6.75. The average molecular weight is 299 g/mol. The van der Waals surface area contributed by atoms with Crippen molar-refractivity contribution >= 4 is 11.9 Å². The second-order valence-corrected chi connectivity index (χ2v) is 4.97. The molecule has 0 fully saturated rings. The average Bonchev–Trinajstić information content (AvgIpc) is 2.42. The molecule has 0 saturated heterocycles. The number of carbonyl (C=O) groups is 2. The molecular weight excluding hydrogens is 280 g/mol. The number of hydrogen-bond acceptors (Lipinski definition) is 2. The van der Waals surface area contributed by atoms with Gasteiger partial charge in [0.2, 0.25) is 5.91 Å². The SMILES string of the molecule is CCC(C)N(CC(=O)O)C(=O)C(C)c1c(F)cccc1F. The monoisotopic (exact) mass is 299 g/mol. The second kappa shape index (κ2) is 7.15. The van der Waals surface area contributed by atoms with Crippen molar-refractivity contribution in [3.05, 3.63) is 35.4 Å². The fourth-order valence-corrected chi connectivity index (χ4v) is 2.11. The van der Waals surface area contributed by atoms with E-state index in [-0.39, 0.29) is 11.6 Å². The number of aliphatic carboxylic acids is 1. The molecule has 4 nitrogen and oxygen atoms in total. The van der Waals surface area contributed by atoms with Gasteiger partial charge in [0.25, 0.3) is 0 Å². The van der Waals surface area contributed by atoms with Gasteiger partial charge in [0, 0.05) is 11.6 Å². The molecule has 1 amide bonds. The van der Waals surface area contributed by atoms with Gasteiger partial charge in [-0.1, -0.05) is 13.0 Å². The summed E-state index contributed by atoms with van der Waals surface area (Å²) in [5, 5.41) is 8.90. The Morgan fingerprint density at radius 2 is 1.76 bits per heavy atom. The normalized spacial score (nSPS) is 13.6. The Hall–Kier alpha value is -1.98. The first-order chi connectivity index (χ1) is 9.79. The van der Waals surface area contributed by atoms with E-state index >= 15 is 0 Å². The zero-order valence-corrected chi connectivity index (χ0v) is 12.3. The summed E-state index contributed by atoms with van der Waals surface area (Å²) < 4.78 is 27.5. The van der Waals surface area contributed by atoms with Crippen LogP contribution in [0, 0.1) is 11.6 Å². The molecule has 2 unspecified atom stereocenters. The number of amides is 1. The van der Waals surface area contributed by atoms with Crippen molar-refractivity contribution < 1.29 is 23.5 Å². The maximum Gasteiger partial charge on any atom is 0.323 e. The van der Waals surface area contributed by atoms with Crippen molar-refractivity contribution in [2.24, 2.45) is 0 Å². The maximum atomic E-state index is 13.7. The van der Waals surface area contributed by atoms with Gasteiger partial charge in [-0.3, -0.25) is 9.59 Å². The molecule has 1 aromatic rings. The van der Waals surface area contributed by atoms with Crippen molar-refractivity contribution in [1.82, 2.24) is 4.90 Å². The number of benzene rings is 1. The lowest BCUT2D eigenvalue weighted by Crippen LogP contribution is -2.44. The quantitative estimate of drug-likeness (QED) is 0.878. The Bertz CT molecular complexity index is 513. The van der Waals surface area contributed by atoms with Crippen LogP contribution in [0.25, 0.3) is 0 Å². The molecule has 0 radical (unpaired) electrons. The fourth-order valence-electron chi connectivity index (χ4n) is 2.11. The van der Waals surface area contributed by atoms with Gasteiger partial charge in [-0.25, -0.2) is 8.78 Å². The summed E-state index contributed by atoms with van der Waals surface area (Å²) in [5.74, 6) is -4.47. The van der Waals surface area contributed by atoms with Crippen molar-refractivity contribution in [2.45, 2.75) is 39.2 Å². The summed E-state index contributed by atoms with van der Waals surface area (Å²) in [7, 11) is 0. The molecular formula is C15H19F2NO3. The van der Waals surface area contributed by atoms with Crippen LogP contribution in [0.5, 0.6) is 0 Å². The van der Waals surface area contributed by atoms with E-state index in [1.54, 1.807) is 13.8 Å². The van der Waals surface area contributed by atoms with Gasteiger partial charge in [-0.2, -0.15) is 0 Å². The van der Waals surface area contributed by atoms with Crippen LogP contribution in [0.15, 0.2) is 18.2 Å². The van der Waals surface area contributed by atoms with Gasteiger partial charge >= 0.3 is 5.97 Å². The second-order valence-electron chi connectivity index (χ2n) is 4.97. The third-order valence-corrected chi connectivity index (χ3v) is 3.51. The van der Waals surface area contributed by atoms with E-state index in [1.165, 1.54) is 13.0 Å². The molecule has 21 heavy (non-hydrogen) atoms. The molecule has 0 spiro atoms. The minimum atomic E-state index is -1.16. The number of carbonyl (C=O) groups excluding carboxylic acids is 1. The van der Waals surface area contributed by atoms with Crippen molar-refractivity contribution in [3.63, 3.8) is 0 Å². The molecule has 116 valence electrons. The molecule has 0 saturated carbocycles. The zero-order chi connectivity index (χ0) is 16.2.